The van der Waals surface area contributed by atoms with Gasteiger partial charge >= 0.3 is 0 Å². The molecule has 0 saturated heterocycles. The fraction of sp³-hybridized carbons (Fsp3) is 0.522. The van der Waals surface area contributed by atoms with Crippen molar-refractivity contribution < 1.29 is 4.39 Å². The van der Waals surface area contributed by atoms with Gasteiger partial charge in [-0.25, -0.2) is 9.37 Å². The van der Waals surface area contributed by atoms with E-state index in [1.165, 1.54) is 36.2 Å². The van der Waals surface area contributed by atoms with Crippen molar-refractivity contribution in [3.8, 4) is 0 Å². The monoisotopic (exact) mass is 476 g/mol. The van der Waals surface area contributed by atoms with E-state index >= 15 is 0 Å². The summed E-state index contributed by atoms with van der Waals surface area (Å²) in [5, 5.41) is 10.6. The number of nitrogens with one attached hydrogen (secondary N) is 3. The van der Waals surface area contributed by atoms with E-state index in [4.69, 9.17) is 33.8 Å². The molecule has 0 spiro atoms. The third-order valence-corrected chi connectivity index (χ3v) is 6.67. The fourth-order valence-corrected chi connectivity index (χ4v) is 4.96. The van der Waals surface area contributed by atoms with Gasteiger partial charge in [0.15, 0.2) is 5.11 Å². The van der Waals surface area contributed by atoms with Crippen LogP contribution in [0, 0.1) is 5.82 Å². The highest BCUT2D eigenvalue weighted by Gasteiger charge is 2.24. The predicted molar refractivity (Wildman–Crippen MR) is 133 cm³/mol. The number of rotatable bonds is 5. The highest BCUT2D eigenvalue weighted by atomic mass is 35.5. The lowest BCUT2D eigenvalue weighted by molar-refractivity contribution is 0.387. The number of halogens is 2. The number of benzene rings is 1. The van der Waals surface area contributed by atoms with Gasteiger partial charge in [0, 0.05) is 37.4 Å². The van der Waals surface area contributed by atoms with E-state index < -0.39 is 5.82 Å². The zero-order valence-corrected chi connectivity index (χ0v) is 20.1. The maximum absolute atomic E-state index is 13.3. The Balaban J connectivity index is 1.30. The van der Waals surface area contributed by atoms with Crippen molar-refractivity contribution in [1.82, 2.24) is 15.3 Å². The molecule has 0 atom stereocenters. The van der Waals surface area contributed by atoms with Crippen molar-refractivity contribution in [3.05, 3.63) is 40.3 Å². The highest BCUT2D eigenvalue weighted by Crippen LogP contribution is 2.29. The van der Waals surface area contributed by atoms with E-state index in [1.54, 1.807) is 6.07 Å². The van der Waals surface area contributed by atoms with Crippen LogP contribution in [-0.4, -0.2) is 41.3 Å². The third kappa shape index (κ3) is 5.59. The first kappa shape index (κ1) is 23.0. The van der Waals surface area contributed by atoms with Gasteiger partial charge < -0.3 is 20.9 Å². The lowest BCUT2D eigenvalue weighted by Crippen LogP contribution is -2.42. The molecule has 2 aromatic rings. The first-order valence-corrected chi connectivity index (χ1v) is 12.0. The lowest BCUT2D eigenvalue weighted by atomic mass is 9.91. The molecule has 0 amide bonds. The molecule has 6 nitrogen and oxygen atoms in total. The van der Waals surface area contributed by atoms with Crippen molar-refractivity contribution >= 4 is 46.4 Å². The molecular weight excluding hydrogens is 447 g/mol. The molecule has 0 unspecified atom stereocenters. The molecule has 0 radical (unpaired) electrons. The fourth-order valence-electron chi connectivity index (χ4n) is 4.50. The van der Waals surface area contributed by atoms with Crippen LogP contribution in [-0.2, 0) is 12.8 Å². The number of anilines is 3. The van der Waals surface area contributed by atoms with Crippen LogP contribution >= 0.6 is 23.8 Å². The number of aryl methyl sites for hydroxylation is 1. The van der Waals surface area contributed by atoms with Gasteiger partial charge in [-0.3, -0.25) is 0 Å². The minimum atomic E-state index is -0.442. The zero-order valence-electron chi connectivity index (χ0n) is 18.5. The Bertz CT molecular complexity index is 977. The second kappa shape index (κ2) is 10.2. The van der Waals surface area contributed by atoms with E-state index in [0.717, 1.165) is 50.3 Å². The lowest BCUT2D eigenvalue weighted by Gasteiger charge is -2.31. The average molecular weight is 477 g/mol. The zero-order chi connectivity index (χ0) is 22.7. The number of hydrogen-bond acceptors (Lipinski definition) is 5. The SMILES string of the molecule is CN(C)c1nc(N[C@H]2CC[C@@H](NC(=S)Nc3ccc(F)c(Cl)c3)CC2)nc2c1CCCC2. The summed E-state index contributed by atoms with van der Waals surface area (Å²) < 4.78 is 13.3. The first-order valence-electron chi connectivity index (χ1n) is 11.3. The van der Waals surface area contributed by atoms with Gasteiger partial charge in [0.05, 0.1) is 10.7 Å². The molecule has 3 N–H and O–H groups in total. The maximum Gasteiger partial charge on any atom is 0.225 e. The molecule has 1 fully saturated rings. The van der Waals surface area contributed by atoms with Gasteiger partial charge in [0.2, 0.25) is 5.95 Å². The molecule has 32 heavy (non-hydrogen) atoms. The standard InChI is InChI=1S/C23H30ClFN6S/c1-31(2)21-17-5-3-4-6-20(17)29-22(30-21)26-14-7-9-15(10-8-14)27-23(32)28-16-11-12-19(25)18(24)13-16/h11-15H,3-10H2,1-2H3,(H,26,29,30)(H2,27,28,32)/t14-,15+. The molecule has 0 aliphatic heterocycles. The van der Waals surface area contributed by atoms with Crippen molar-refractivity contribution in [2.75, 3.05) is 29.6 Å². The number of fused-ring (bicyclic) bond motifs is 1. The van der Waals surface area contributed by atoms with Crippen LogP contribution < -0.4 is 20.9 Å². The first-order chi connectivity index (χ1) is 15.4. The van der Waals surface area contributed by atoms with Crippen LogP contribution in [0.15, 0.2) is 18.2 Å². The second-order valence-corrected chi connectivity index (χ2v) is 9.63. The van der Waals surface area contributed by atoms with Crippen LogP contribution in [0.2, 0.25) is 5.02 Å². The van der Waals surface area contributed by atoms with Crippen LogP contribution in [0.1, 0.15) is 49.8 Å². The number of thiocarbonyl (C=S) groups is 1. The van der Waals surface area contributed by atoms with Crippen LogP contribution in [0.25, 0.3) is 0 Å². The summed E-state index contributed by atoms with van der Waals surface area (Å²) >= 11 is 11.3. The van der Waals surface area contributed by atoms with Gasteiger partial charge in [-0.1, -0.05) is 11.6 Å². The maximum atomic E-state index is 13.3. The topological polar surface area (TPSA) is 65.1 Å². The van der Waals surface area contributed by atoms with Crippen molar-refractivity contribution in [2.24, 2.45) is 0 Å². The normalized spacial score (nSPS) is 20.2. The second-order valence-electron chi connectivity index (χ2n) is 8.82. The number of aromatic nitrogens is 2. The van der Waals surface area contributed by atoms with Crippen LogP contribution in [0.4, 0.5) is 21.8 Å². The molecule has 1 aromatic carbocycles. The molecule has 1 saturated carbocycles. The summed E-state index contributed by atoms with van der Waals surface area (Å²) in [7, 11) is 4.10. The molecule has 1 aromatic heterocycles. The minimum Gasteiger partial charge on any atom is -0.362 e. The quantitative estimate of drug-likeness (QED) is 0.529. The summed E-state index contributed by atoms with van der Waals surface area (Å²) in [5.41, 5.74) is 3.18. The highest BCUT2D eigenvalue weighted by molar-refractivity contribution is 7.80. The molecule has 9 heteroatoms. The number of nitrogens with zero attached hydrogens (tertiary/aromatic N) is 3. The molecular formula is C23H30ClFN6S. The van der Waals surface area contributed by atoms with E-state index in [1.807, 2.05) is 0 Å². The van der Waals surface area contributed by atoms with E-state index in [9.17, 15) is 4.39 Å². The van der Waals surface area contributed by atoms with Crippen LogP contribution in [0.3, 0.4) is 0 Å². The van der Waals surface area contributed by atoms with E-state index in [0.29, 0.717) is 22.9 Å². The summed E-state index contributed by atoms with van der Waals surface area (Å²) in [4.78, 5) is 11.8. The average Bonchev–Trinajstić information content (AvgIpc) is 2.77. The van der Waals surface area contributed by atoms with Crippen molar-refractivity contribution in [2.45, 2.75) is 63.5 Å². The molecule has 172 valence electrons. The Morgan fingerprint density at radius 2 is 1.81 bits per heavy atom. The minimum absolute atomic E-state index is 0.0752. The Hall–Kier alpha value is -2.19. The summed E-state index contributed by atoms with van der Waals surface area (Å²) in [6.45, 7) is 0. The van der Waals surface area contributed by atoms with Gasteiger partial charge in [-0.2, -0.15) is 4.98 Å². The van der Waals surface area contributed by atoms with Crippen molar-refractivity contribution in [3.63, 3.8) is 0 Å². The van der Waals surface area contributed by atoms with Gasteiger partial charge in [-0.15, -0.1) is 0 Å². The molecule has 2 aliphatic carbocycles. The summed E-state index contributed by atoms with van der Waals surface area (Å²) in [6, 6.07) is 5.13. The number of hydrogen-bond donors (Lipinski definition) is 3. The van der Waals surface area contributed by atoms with Gasteiger partial charge in [0.25, 0.3) is 0 Å². The van der Waals surface area contributed by atoms with E-state index in [2.05, 4.69) is 34.9 Å². The Kier molecular flexibility index (Phi) is 7.30. The molecule has 0 bridgehead atoms. The predicted octanol–water partition coefficient (Wildman–Crippen LogP) is 4.92. The smallest absolute Gasteiger partial charge is 0.225 e. The summed E-state index contributed by atoms with van der Waals surface area (Å²) in [6.07, 6.45) is 8.54. The summed E-state index contributed by atoms with van der Waals surface area (Å²) in [5.74, 6) is 1.35. The Morgan fingerprint density at radius 3 is 2.53 bits per heavy atom. The van der Waals surface area contributed by atoms with Gasteiger partial charge in [0.1, 0.15) is 11.6 Å². The van der Waals surface area contributed by atoms with Crippen LogP contribution in [0.5, 0.6) is 0 Å². The Morgan fingerprint density at radius 1 is 1.09 bits per heavy atom. The van der Waals surface area contributed by atoms with E-state index in [-0.39, 0.29) is 5.02 Å². The Labute approximate surface area is 199 Å². The molecule has 2 aliphatic rings. The molecule has 1 heterocycles. The van der Waals surface area contributed by atoms with Crippen molar-refractivity contribution in [1.29, 1.82) is 0 Å². The van der Waals surface area contributed by atoms with Gasteiger partial charge in [-0.05, 0) is 81.8 Å². The largest absolute Gasteiger partial charge is 0.362 e. The molecule has 4 rings (SSSR count). The third-order valence-electron chi connectivity index (χ3n) is 6.16.